The zero-order valence-corrected chi connectivity index (χ0v) is 16.2. The second-order valence-electron chi connectivity index (χ2n) is 6.39. The quantitative estimate of drug-likeness (QED) is 0.821. The number of carbonyl (C=O) groups is 1. The van der Waals surface area contributed by atoms with Gasteiger partial charge in [-0.3, -0.25) is 9.10 Å². The average molecular weight is 411 g/mol. The molecule has 0 spiro atoms. The molecule has 0 bridgehead atoms. The van der Waals surface area contributed by atoms with Crippen molar-refractivity contribution >= 4 is 33.2 Å². The van der Waals surface area contributed by atoms with Gasteiger partial charge >= 0.3 is 0 Å². The van der Waals surface area contributed by atoms with Gasteiger partial charge in [-0.05, 0) is 55.2 Å². The minimum Gasteiger partial charge on any atom is -0.352 e. The maximum atomic E-state index is 12.9. The van der Waals surface area contributed by atoms with Gasteiger partial charge in [0.15, 0.2) is 0 Å². The molecule has 0 saturated carbocycles. The van der Waals surface area contributed by atoms with Crippen LogP contribution in [0.15, 0.2) is 42.5 Å². The van der Waals surface area contributed by atoms with Crippen molar-refractivity contribution in [1.82, 2.24) is 5.32 Å². The first-order valence-electron chi connectivity index (χ1n) is 8.69. The second-order valence-corrected chi connectivity index (χ2v) is 8.81. The molecule has 1 aliphatic rings. The van der Waals surface area contributed by atoms with Gasteiger partial charge in [0.1, 0.15) is 5.82 Å². The Morgan fingerprint density at radius 3 is 2.59 bits per heavy atom. The number of carbonyl (C=O) groups excluding carboxylic acids is 1. The third kappa shape index (κ3) is 4.78. The van der Waals surface area contributed by atoms with E-state index in [-0.39, 0.29) is 17.5 Å². The number of amides is 1. The van der Waals surface area contributed by atoms with Crippen LogP contribution in [0.25, 0.3) is 0 Å². The fourth-order valence-electron chi connectivity index (χ4n) is 2.98. The number of rotatable bonds is 5. The minimum atomic E-state index is -3.41. The largest absolute Gasteiger partial charge is 0.352 e. The number of nitrogens with zero attached hydrogens (tertiary/aromatic N) is 1. The SMILES string of the molecule is O=C(NCCc1ccc(F)cc1)c1ccc(Cl)c(N2CCCCS2(=O)=O)c1. The summed E-state index contributed by atoms with van der Waals surface area (Å²) in [5.41, 5.74) is 1.59. The van der Waals surface area contributed by atoms with Crippen molar-refractivity contribution in [3.63, 3.8) is 0 Å². The normalized spacial score (nSPS) is 16.1. The van der Waals surface area contributed by atoms with Crippen LogP contribution in [0, 0.1) is 5.82 Å². The molecule has 3 rings (SSSR count). The van der Waals surface area contributed by atoms with E-state index in [1.807, 2.05) is 0 Å². The Balaban J connectivity index is 1.69. The molecular formula is C19H20ClFN2O3S. The summed E-state index contributed by atoms with van der Waals surface area (Å²) >= 11 is 6.19. The summed E-state index contributed by atoms with van der Waals surface area (Å²) in [4.78, 5) is 12.4. The van der Waals surface area contributed by atoms with Gasteiger partial charge in [-0.1, -0.05) is 23.7 Å². The molecule has 27 heavy (non-hydrogen) atoms. The summed E-state index contributed by atoms with van der Waals surface area (Å²) in [5.74, 6) is -0.536. The molecule has 2 aromatic carbocycles. The van der Waals surface area contributed by atoms with E-state index in [1.165, 1.54) is 28.6 Å². The molecule has 1 fully saturated rings. The van der Waals surface area contributed by atoms with Gasteiger partial charge < -0.3 is 5.32 Å². The van der Waals surface area contributed by atoms with Crippen molar-refractivity contribution < 1.29 is 17.6 Å². The highest BCUT2D eigenvalue weighted by Crippen LogP contribution is 2.31. The molecule has 1 saturated heterocycles. The summed E-state index contributed by atoms with van der Waals surface area (Å²) in [6.07, 6.45) is 1.94. The predicted octanol–water partition coefficient (Wildman–Crippen LogP) is 3.38. The van der Waals surface area contributed by atoms with Crippen LogP contribution >= 0.6 is 11.6 Å². The van der Waals surface area contributed by atoms with E-state index < -0.39 is 10.0 Å². The van der Waals surface area contributed by atoms with Crippen molar-refractivity contribution in [2.75, 3.05) is 23.1 Å². The van der Waals surface area contributed by atoms with E-state index in [1.54, 1.807) is 18.2 Å². The van der Waals surface area contributed by atoms with Crippen LogP contribution in [-0.2, 0) is 16.4 Å². The molecule has 2 aromatic rings. The Hall–Kier alpha value is -2.12. The zero-order chi connectivity index (χ0) is 19.4. The first-order chi connectivity index (χ1) is 12.9. The number of hydrogen-bond donors (Lipinski definition) is 1. The Bertz CT molecular complexity index is 932. The van der Waals surface area contributed by atoms with Crippen LogP contribution in [0.5, 0.6) is 0 Å². The lowest BCUT2D eigenvalue weighted by Crippen LogP contribution is -2.38. The van der Waals surface area contributed by atoms with Gasteiger partial charge in [0, 0.05) is 18.7 Å². The zero-order valence-electron chi connectivity index (χ0n) is 14.6. The number of benzene rings is 2. The number of halogens is 2. The topological polar surface area (TPSA) is 66.5 Å². The fraction of sp³-hybridized carbons (Fsp3) is 0.316. The van der Waals surface area contributed by atoms with Crippen molar-refractivity contribution in [2.45, 2.75) is 19.3 Å². The lowest BCUT2D eigenvalue weighted by molar-refractivity contribution is 0.0954. The highest BCUT2D eigenvalue weighted by Gasteiger charge is 2.28. The predicted molar refractivity (Wildman–Crippen MR) is 104 cm³/mol. The average Bonchev–Trinajstić information content (AvgIpc) is 2.64. The first kappa shape index (κ1) is 19.6. The van der Waals surface area contributed by atoms with Gasteiger partial charge in [-0.25, -0.2) is 12.8 Å². The van der Waals surface area contributed by atoms with E-state index in [9.17, 15) is 17.6 Å². The van der Waals surface area contributed by atoms with Crippen LogP contribution in [0.2, 0.25) is 5.02 Å². The van der Waals surface area contributed by atoms with Crippen LogP contribution in [0.4, 0.5) is 10.1 Å². The molecule has 0 unspecified atom stereocenters. The van der Waals surface area contributed by atoms with Gasteiger partial charge in [0.05, 0.1) is 16.5 Å². The third-order valence-corrected chi connectivity index (χ3v) is 6.61. The smallest absolute Gasteiger partial charge is 0.251 e. The summed E-state index contributed by atoms with van der Waals surface area (Å²) in [7, 11) is -3.41. The van der Waals surface area contributed by atoms with Crippen molar-refractivity contribution in [2.24, 2.45) is 0 Å². The van der Waals surface area contributed by atoms with Crippen LogP contribution in [-0.4, -0.2) is 33.2 Å². The number of hydrogen-bond acceptors (Lipinski definition) is 3. The van der Waals surface area contributed by atoms with E-state index in [0.717, 1.165) is 12.0 Å². The van der Waals surface area contributed by atoms with Crippen molar-refractivity contribution in [3.05, 3.63) is 64.4 Å². The first-order valence-corrected chi connectivity index (χ1v) is 10.7. The molecule has 0 atom stereocenters. The molecule has 144 valence electrons. The second kappa shape index (κ2) is 8.27. The summed E-state index contributed by atoms with van der Waals surface area (Å²) < 4.78 is 38.8. The molecule has 5 nitrogen and oxygen atoms in total. The Morgan fingerprint density at radius 1 is 1.15 bits per heavy atom. The van der Waals surface area contributed by atoms with E-state index in [4.69, 9.17) is 11.6 Å². The fourth-order valence-corrected chi connectivity index (χ4v) is 4.89. The summed E-state index contributed by atoms with van der Waals surface area (Å²) in [6, 6.07) is 10.7. The molecular weight excluding hydrogens is 391 g/mol. The van der Waals surface area contributed by atoms with Crippen LogP contribution in [0.1, 0.15) is 28.8 Å². The molecule has 0 radical (unpaired) electrons. The highest BCUT2D eigenvalue weighted by molar-refractivity contribution is 7.92. The van der Waals surface area contributed by atoms with Gasteiger partial charge in [0.25, 0.3) is 5.91 Å². The molecule has 1 heterocycles. The lowest BCUT2D eigenvalue weighted by atomic mass is 10.1. The summed E-state index contributed by atoms with van der Waals surface area (Å²) in [6.45, 7) is 0.738. The molecule has 1 amide bonds. The molecule has 1 N–H and O–H groups in total. The standard InChI is InChI=1S/C19H20ClFN2O3S/c20-17-8-5-15(13-18(17)23-11-1-2-12-27(23,25)26)19(24)22-10-9-14-3-6-16(21)7-4-14/h3-8,13H,1-2,9-12H2,(H,22,24). The van der Waals surface area contributed by atoms with E-state index in [0.29, 0.717) is 42.2 Å². The molecule has 1 aliphatic heterocycles. The van der Waals surface area contributed by atoms with E-state index >= 15 is 0 Å². The van der Waals surface area contributed by atoms with Crippen LogP contribution in [0.3, 0.4) is 0 Å². The number of sulfonamides is 1. The van der Waals surface area contributed by atoms with E-state index in [2.05, 4.69) is 5.32 Å². The molecule has 0 aromatic heterocycles. The Kier molecular flexibility index (Phi) is 6.01. The van der Waals surface area contributed by atoms with Gasteiger partial charge in [-0.2, -0.15) is 0 Å². The third-order valence-electron chi connectivity index (χ3n) is 4.44. The van der Waals surface area contributed by atoms with Crippen molar-refractivity contribution in [1.29, 1.82) is 0 Å². The van der Waals surface area contributed by atoms with Gasteiger partial charge in [0.2, 0.25) is 10.0 Å². The Labute approximate surface area is 163 Å². The minimum absolute atomic E-state index is 0.0808. The maximum absolute atomic E-state index is 12.9. The maximum Gasteiger partial charge on any atom is 0.251 e. The highest BCUT2D eigenvalue weighted by atomic mass is 35.5. The number of anilines is 1. The number of nitrogens with one attached hydrogen (secondary N) is 1. The summed E-state index contributed by atoms with van der Waals surface area (Å²) in [5, 5.41) is 3.08. The van der Waals surface area contributed by atoms with Crippen LogP contribution < -0.4 is 9.62 Å². The lowest BCUT2D eigenvalue weighted by Gasteiger charge is -2.29. The molecule has 0 aliphatic carbocycles. The van der Waals surface area contributed by atoms with Crippen molar-refractivity contribution in [3.8, 4) is 0 Å². The molecule has 8 heteroatoms. The monoisotopic (exact) mass is 410 g/mol. The van der Waals surface area contributed by atoms with Gasteiger partial charge in [-0.15, -0.1) is 0 Å². The Morgan fingerprint density at radius 2 is 1.89 bits per heavy atom.